The quantitative estimate of drug-likeness (QED) is 0.301. The van der Waals surface area contributed by atoms with Crippen LogP contribution in [-0.4, -0.2) is 23.5 Å². The number of nitrogens with zero attached hydrogens (tertiary/aromatic N) is 2. The SMILES string of the molecule is CCCCOC(=O)c1ccccc1NC(=O)/C(C#N)=C\NCc1ccccn1. The van der Waals surface area contributed by atoms with Crippen molar-refractivity contribution in [2.24, 2.45) is 0 Å². The Labute approximate surface area is 164 Å². The number of ether oxygens (including phenoxy) is 1. The van der Waals surface area contributed by atoms with Crippen molar-refractivity contribution >= 4 is 17.6 Å². The number of pyridine rings is 1. The van der Waals surface area contributed by atoms with E-state index in [4.69, 9.17) is 4.74 Å². The molecule has 1 aromatic carbocycles. The standard InChI is InChI=1S/C21H22N4O3/c1-2-3-12-28-21(27)18-9-4-5-10-19(18)25-20(26)16(13-22)14-23-15-17-8-6-7-11-24-17/h4-11,14,23H,2-3,12,15H2,1H3,(H,25,26)/b16-14-. The van der Waals surface area contributed by atoms with Gasteiger partial charge in [-0.25, -0.2) is 4.79 Å². The minimum absolute atomic E-state index is 0.120. The van der Waals surface area contributed by atoms with E-state index >= 15 is 0 Å². The lowest BCUT2D eigenvalue weighted by Gasteiger charge is -2.10. The number of para-hydroxylation sites is 1. The van der Waals surface area contributed by atoms with Crippen molar-refractivity contribution in [3.05, 3.63) is 71.7 Å². The third kappa shape index (κ3) is 6.25. The van der Waals surface area contributed by atoms with Crippen LogP contribution in [0.3, 0.4) is 0 Å². The van der Waals surface area contributed by atoms with Gasteiger partial charge in [0.15, 0.2) is 0 Å². The summed E-state index contributed by atoms with van der Waals surface area (Å²) in [4.78, 5) is 28.8. The maximum atomic E-state index is 12.4. The molecule has 0 aliphatic carbocycles. The monoisotopic (exact) mass is 378 g/mol. The molecule has 0 aliphatic rings. The average molecular weight is 378 g/mol. The lowest BCUT2D eigenvalue weighted by atomic mass is 10.1. The fourth-order valence-electron chi connectivity index (χ4n) is 2.26. The fraction of sp³-hybridized carbons (Fsp3) is 0.238. The largest absolute Gasteiger partial charge is 0.462 e. The van der Waals surface area contributed by atoms with Gasteiger partial charge in [0, 0.05) is 12.4 Å². The topological polar surface area (TPSA) is 104 Å². The normalized spacial score (nSPS) is 10.6. The summed E-state index contributed by atoms with van der Waals surface area (Å²) in [5.74, 6) is -1.13. The van der Waals surface area contributed by atoms with Gasteiger partial charge in [0.2, 0.25) is 0 Å². The molecule has 0 atom stereocenters. The fourth-order valence-corrected chi connectivity index (χ4v) is 2.26. The first kappa shape index (κ1) is 20.6. The molecule has 0 unspecified atom stereocenters. The van der Waals surface area contributed by atoms with Gasteiger partial charge in [-0.15, -0.1) is 0 Å². The van der Waals surface area contributed by atoms with E-state index in [9.17, 15) is 14.9 Å². The highest BCUT2D eigenvalue weighted by molar-refractivity contribution is 6.09. The number of nitrogens with one attached hydrogen (secondary N) is 2. The van der Waals surface area contributed by atoms with Gasteiger partial charge in [-0.05, 0) is 30.7 Å². The molecule has 7 heteroatoms. The van der Waals surface area contributed by atoms with E-state index in [1.54, 1.807) is 36.5 Å². The zero-order chi connectivity index (χ0) is 20.2. The Kier molecular flexibility index (Phi) is 8.21. The van der Waals surface area contributed by atoms with Gasteiger partial charge in [0.25, 0.3) is 5.91 Å². The average Bonchev–Trinajstić information content (AvgIpc) is 2.72. The number of hydrogen-bond donors (Lipinski definition) is 2. The van der Waals surface area contributed by atoms with Crippen LogP contribution >= 0.6 is 0 Å². The van der Waals surface area contributed by atoms with Gasteiger partial charge in [-0.1, -0.05) is 31.5 Å². The molecule has 0 fully saturated rings. The second-order valence-electron chi connectivity index (χ2n) is 5.86. The molecule has 2 rings (SSSR count). The van der Waals surface area contributed by atoms with E-state index in [0.29, 0.717) is 18.8 Å². The Bertz CT molecular complexity index is 873. The molecule has 144 valence electrons. The van der Waals surface area contributed by atoms with E-state index in [-0.39, 0.29) is 11.1 Å². The Hall–Kier alpha value is -3.66. The predicted octanol–water partition coefficient (Wildman–Crippen LogP) is 3.17. The third-order valence-corrected chi connectivity index (χ3v) is 3.75. The maximum Gasteiger partial charge on any atom is 0.340 e. The molecule has 0 aliphatic heterocycles. The van der Waals surface area contributed by atoms with Crippen LogP contribution in [0.15, 0.2) is 60.4 Å². The number of amides is 1. The second-order valence-corrected chi connectivity index (χ2v) is 5.86. The molecule has 2 aromatic rings. The maximum absolute atomic E-state index is 12.4. The lowest BCUT2D eigenvalue weighted by molar-refractivity contribution is -0.112. The number of esters is 1. The predicted molar refractivity (Wildman–Crippen MR) is 105 cm³/mol. The molecule has 0 saturated heterocycles. The Morgan fingerprint density at radius 1 is 1.21 bits per heavy atom. The van der Waals surface area contributed by atoms with E-state index in [1.807, 2.05) is 25.1 Å². The van der Waals surface area contributed by atoms with Crippen LogP contribution in [0.4, 0.5) is 5.69 Å². The molecule has 0 saturated carbocycles. The Balaban J connectivity index is 2.03. The molecule has 0 spiro atoms. The molecule has 0 bridgehead atoms. The van der Waals surface area contributed by atoms with Gasteiger partial charge in [0.05, 0.1) is 30.1 Å². The van der Waals surface area contributed by atoms with Crippen LogP contribution in [-0.2, 0) is 16.1 Å². The van der Waals surface area contributed by atoms with Crippen molar-refractivity contribution in [1.29, 1.82) is 5.26 Å². The van der Waals surface area contributed by atoms with Crippen molar-refractivity contribution in [1.82, 2.24) is 10.3 Å². The van der Waals surface area contributed by atoms with Crippen LogP contribution in [0.25, 0.3) is 0 Å². The van der Waals surface area contributed by atoms with Crippen LogP contribution in [0, 0.1) is 11.3 Å². The summed E-state index contributed by atoms with van der Waals surface area (Å²) in [6.45, 7) is 2.69. The van der Waals surface area contributed by atoms with Crippen molar-refractivity contribution in [3.63, 3.8) is 0 Å². The number of unbranched alkanes of at least 4 members (excludes halogenated alkanes) is 1. The highest BCUT2D eigenvalue weighted by Gasteiger charge is 2.16. The number of carbonyl (C=O) groups is 2. The van der Waals surface area contributed by atoms with Crippen molar-refractivity contribution in [3.8, 4) is 6.07 Å². The lowest BCUT2D eigenvalue weighted by Crippen LogP contribution is -2.19. The number of nitriles is 1. The number of hydrogen-bond acceptors (Lipinski definition) is 6. The molecule has 7 nitrogen and oxygen atoms in total. The Morgan fingerprint density at radius 2 is 2.00 bits per heavy atom. The number of benzene rings is 1. The summed E-state index contributed by atoms with van der Waals surface area (Å²) in [6, 6.07) is 13.9. The van der Waals surface area contributed by atoms with Gasteiger partial charge >= 0.3 is 5.97 Å². The van der Waals surface area contributed by atoms with Gasteiger partial charge in [0.1, 0.15) is 11.6 Å². The molecule has 1 aromatic heterocycles. The van der Waals surface area contributed by atoms with Gasteiger partial charge in [-0.2, -0.15) is 5.26 Å². The summed E-state index contributed by atoms with van der Waals surface area (Å²) in [5, 5.41) is 14.8. The van der Waals surface area contributed by atoms with Crippen molar-refractivity contribution in [2.45, 2.75) is 26.3 Å². The zero-order valence-corrected chi connectivity index (χ0v) is 15.6. The van der Waals surface area contributed by atoms with E-state index in [2.05, 4.69) is 15.6 Å². The molecular formula is C21H22N4O3. The molecule has 1 amide bonds. The van der Waals surface area contributed by atoms with Gasteiger partial charge < -0.3 is 15.4 Å². The van der Waals surface area contributed by atoms with Crippen LogP contribution < -0.4 is 10.6 Å². The van der Waals surface area contributed by atoms with Crippen LogP contribution in [0.1, 0.15) is 35.8 Å². The van der Waals surface area contributed by atoms with Crippen LogP contribution in [0.2, 0.25) is 0 Å². The highest BCUT2D eigenvalue weighted by atomic mass is 16.5. The summed E-state index contributed by atoms with van der Waals surface area (Å²) >= 11 is 0. The molecule has 1 heterocycles. The first-order valence-corrected chi connectivity index (χ1v) is 8.96. The summed E-state index contributed by atoms with van der Waals surface area (Å²) in [6.07, 6.45) is 4.67. The summed E-state index contributed by atoms with van der Waals surface area (Å²) in [7, 11) is 0. The van der Waals surface area contributed by atoms with E-state index in [1.165, 1.54) is 6.20 Å². The second kappa shape index (κ2) is 11.1. The smallest absolute Gasteiger partial charge is 0.340 e. The minimum Gasteiger partial charge on any atom is -0.462 e. The zero-order valence-electron chi connectivity index (χ0n) is 15.6. The van der Waals surface area contributed by atoms with Crippen molar-refractivity contribution in [2.75, 3.05) is 11.9 Å². The number of aromatic nitrogens is 1. The summed E-state index contributed by atoms with van der Waals surface area (Å²) in [5.41, 5.74) is 1.19. The highest BCUT2D eigenvalue weighted by Crippen LogP contribution is 2.17. The number of anilines is 1. The minimum atomic E-state index is -0.621. The summed E-state index contributed by atoms with van der Waals surface area (Å²) < 4.78 is 5.20. The molecule has 0 radical (unpaired) electrons. The number of rotatable bonds is 9. The first-order chi connectivity index (χ1) is 13.7. The van der Waals surface area contributed by atoms with Crippen molar-refractivity contribution < 1.29 is 14.3 Å². The van der Waals surface area contributed by atoms with E-state index in [0.717, 1.165) is 18.5 Å². The number of carbonyl (C=O) groups excluding carboxylic acids is 2. The van der Waals surface area contributed by atoms with Crippen LogP contribution in [0.5, 0.6) is 0 Å². The first-order valence-electron chi connectivity index (χ1n) is 8.96. The van der Waals surface area contributed by atoms with Gasteiger partial charge in [-0.3, -0.25) is 9.78 Å². The molecule has 28 heavy (non-hydrogen) atoms. The van der Waals surface area contributed by atoms with E-state index < -0.39 is 11.9 Å². The Morgan fingerprint density at radius 3 is 2.71 bits per heavy atom. The third-order valence-electron chi connectivity index (χ3n) is 3.75. The molecule has 2 N–H and O–H groups in total. The molecular weight excluding hydrogens is 356 g/mol.